The molecule has 0 aromatic heterocycles. The Hall–Kier alpha value is -3.07. The van der Waals surface area contributed by atoms with Crippen LogP contribution in [0.4, 0.5) is 18.9 Å². The Morgan fingerprint density at radius 3 is 2.29 bits per heavy atom. The van der Waals surface area contributed by atoms with Crippen LogP contribution >= 0.6 is 0 Å². The molecule has 1 N–H and O–H groups in total. The summed E-state index contributed by atoms with van der Waals surface area (Å²) < 4.78 is 45.7. The van der Waals surface area contributed by atoms with Gasteiger partial charge in [-0.15, -0.1) is 13.2 Å². The highest BCUT2D eigenvalue weighted by Crippen LogP contribution is 2.24. The van der Waals surface area contributed by atoms with Gasteiger partial charge in [-0.1, -0.05) is 12.1 Å². The quantitative estimate of drug-likeness (QED) is 0.864. The smallest absolute Gasteiger partial charge is 0.406 e. The Bertz CT molecular complexity index is 847. The number of anilines is 1. The van der Waals surface area contributed by atoms with Crippen molar-refractivity contribution in [1.29, 1.82) is 0 Å². The van der Waals surface area contributed by atoms with Gasteiger partial charge in [0.1, 0.15) is 5.75 Å². The summed E-state index contributed by atoms with van der Waals surface area (Å²) in [5, 5.41) is 2.63. The zero-order valence-electron chi connectivity index (χ0n) is 14.7. The minimum absolute atomic E-state index is 0.128. The number of ether oxygens (including phenoxy) is 2. The fourth-order valence-corrected chi connectivity index (χ4v) is 2.72. The van der Waals surface area contributed by atoms with Crippen LogP contribution in [0.3, 0.4) is 0 Å². The fourth-order valence-electron chi connectivity index (χ4n) is 2.72. The molecule has 0 unspecified atom stereocenters. The molecule has 1 fully saturated rings. The first kappa shape index (κ1) is 19.7. The zero-order chi connectivity index (χ0) is 20.1. The Kier molecular flexibility index (Phi) is 5.84. The van der Waals surface area contributed by atoms with Crippen molar-refractivity contribution in [2.24, 2.45) is 0 Å². The van der Waals surface area contributed by atoms with Gasteiger partial charge in [0.05, 0.1) is 24.5 Å². The summed E-state index contributed by atoms with van der Waals surface area (Å²) in [5.41, 5.74) is 0.775. The summed E-state index contributed by atoms with van der Waals surface area (Å²) in [6.07, 6.45) is -4.80. The van der Waals surface area contributed by atoms with E-state index >= 15 is 0 Å². The number of rotatable bonds is 4. The minimum atomic E-state index is -4.80. The van der Waals surface area contributed by atoms with Gasteiger partial charge in [-0.25, -0.2) is 0 Å². The van der Waals surface area contributed by atoms with E-state index in [1.807, 2.05) is 0 Å². The van der Waals surface area contributed by atoms with E-state index in [-0.39, 0.29) is 11.5 Å². The molecule has 1 saturated heterocycles. The van der Waals surface area contributed by atoms with Crippen LogP contribution in [-0.4, -0.2) is 49.4 Å². The lowest BCUT2D eigenvalue weighted by Gasteiger charge is -2.27. The third kappa shape index (κ3) is 5.01. The third-order valence-electron chi connectivity index (χ3n) is 4.05. The van der Waals surface area contributed by atoms with Crippen LogP contribution in [0.1, 0.15) is 20.7 Å². The topological polar surface area (TPSA) is 67.9 Å². The van der Waals surface area contributed by atoms with Crippen molar-refractivity contribution in [3.05, 3.63) is 59.7 Å². The highest BCUT2D eigenvalue weighted by Gasteiger charge is 2.31. The number of nitrogens with one attached hydrogen (secondary N) is 1. The lowest BCUT2D eigenvalue weighted by atomic mass is 10.1. The summed E-state index contributed by atoms with van der Waals surface area (Å²) in [5.74, 6) is -1.21. The Morgan fingerprint density at radius 2 is 1.64 bits per heavy atom. The molecule has 0 spiro atoms. The van der Waals surface area contributed by atoms with Crippen LogP contribution < -0.4 is 10.1 Å². The van der Waals surface area contributed by atoms with Crippen molar-refractivity contribution in [2.45, 2.75) is 6.36 Å². The van der Waals surface area contributed by atoms with Crippen molar-refractivity contribution < 1.29 is 32.2 Å². The van der Waals surface area contributed by atoms with Gasteiger partial charge in [0.15, 0.2) is 0 Å². The first-order valence-corrected chi connectivity index (χ1v) is 8.47. The first-order valence-electron chi connectivity index (χ1n) is 8.47. The first-order chi connectivity index (χ1) is 13.3. The molecular formula is C19H17F3N2O4. The van der Waals surface area contributed by atoms with Crippen molar-refractivity contribution in [3.8, 4) is 5.75 Å². The molecule has 2 aromatic carbocycles. The maximum absolute atomic E-state index is 12.7. The average Bonchev–Trinajstić information content (AvgIpc) is 2.68. The van der Waals surface area contributed by atoms with Crippen LogP contribution in [0.25, 0.3) is 0 Å². The van der Waals surface area contributed by atoms with Gasteiger partial charge in [-0.05, 0) is 36.4 Å². The van der Waals surface area contributed by atoms with E-state index in [4.69, 9.17) is 4.74 Å². The number of alkyl halides is 3. The Balaban J connectivity index is 1.73. The molecule has 0 atom stereocenters. The molecule has 148 valence electrons. The molecular weight excluding hydrogens is 377 g/mol. The molecule has 0 saturated carbocycles. The predicted molar refractivity (Wildman–Crippen MR) is 94.2 cm³/mol. The fraction of sp³-hybridized carbons (Fsp3) is 0.263. The van der Waals surface area contributed by atoms with Crippen LogP contribution in [0, 0.1) is 0 Å². The van der Waals surface area contributed by atoms with Gasteiger partial charge in [-0.2, -0.15) is 0 Å². The van der Waals surface area contributed by atoms with Crippen molar-refractivity contribution in [2.75, 3.05) is 31.6 Å². The standard InChI is InChI=1S/C19H17F3N2O4/c20-19(21,22)28-14-7-5-13(6-8-14)17(25)23-16-4-2-1-3-15(16)18(26)24-9-11-27-12-10-24/h1-8H,9-12H2,(H,23,25). The second-order valence-corrected chi connectivity index (χ2v) is 5.98. The second-order valence-electron chi connectivity index (χ2n) is 5.98. The molecule has 3 rings (SSSR count). The summed E-state index contributed by atoms with van der Waals surface area (Å²) in [6, 6.07) is 11.1. The largest absolute Gasteiger partial charge is 0.573 e. The lowest BCUT2D eigenvalue weighted by molar-refractivity contribution is -0.274. The number of para-hydroxylation sites is 1. The zero-order valence-corrected chi connectivity index (χ0v) is 14.7. The van der Waals surface area contributed by atoms with E-state index < -0.39 is 18.0 Å². The maximum Gasteiger partial charge on any atom is 0.573 e. The molecule has 28 heavy (non-hydrogen) atoms. The highest BCUT2D eigenvalue weighted by atomic mass is 19.4. The number of morpholine rings is 1. The van der Waals surface area contributed by atoms with E-state index in [1.165, 1.54) is 12.1 Å². The van der Waals surface area contributed by atoms with E-state index in [0.717, 1.165) is 12.1 Å². The highest BCUT2D eigenvalue weighted by molar-refractivity contribution is 6.09. The SMILES string of the molecule is O=C(Nc1ccccc1C(=O)N1CCOCC1)c1ccc(OC(F)(F)F)cc1. The van der Waals surface area contributed by atoms with Crippen molar-refractivity contribution in [1.82, 2.24) is 4.90 Å². The number of benzene rings is 2. The number of halogens is 3. The number of hydrogen-bond donors (Lipinski definition) is 1. The Labute approximate surface area is 158 Å². The third-order valence-corrected chi connectivity index (χ3v) is 4.05. The van der Waals surface area contributed by atoms with E-state index in [0.29, 0.717) is 37.6 Å². The van der Waals surface area contributed by atoms with Crippen molar-refractivity contribution >= 4 is 17.5 Å². The molecule has 1 aliphatic heterocycles. The second kappa shape index (κ2) is 8.30. The average molecular weight is 394 g/mol. The molecule has 9 heteroatoms. The van der Waals surface area contributed by atoms with Crippen LogP contribution in [0.5, 0.6) is 5.75 Å². The molecule has 0 radical (unpaired) electrons. The summed E-state index contributed by atoms with van der Waals surface area (Å²) in [7, 11) is 0. The van der Waals surface area contributed by atoms with Crippen LogP contribution in [-0.2, 0) is 4.74 Å². The Morgan fingerprint density at radius 1 is 1.00 bits per heavy atom. The summed E-state index contributed by atoms with van der Waals surface area (Å²) >= 11 is 0. The van der Waals surface area contributed by atoms with Crippen LogP contribution in [0.2, 0.25) is 0 Å². The lowest BCUT2D eigenvalue weighted by Crippen LogP contribution is -2.41. The number of carbonyl (C=O) groups excluding carboxylic acids is 2. The van der Waals surface area contributed by atoms with E-state index in [2.05, 4.69) is 10.1 Å². The summed E-state index contributed by atoms with van der Waals surface area (Å²) in [4.78, 5) is 26.8. The van der Waals surface area contributed by atoms with Gasteiger partial charge in [0.25, 0.3) is 11.8 Å². The van der Waals surface area contributed by atoms with E-state index in [1.54, 1.807) is 29.2 Å². The molecule has 0 bridgehead atoms. The number of hydrogen-bond acceptors (Lipinski definition) is 4. The molecule has 0 aliphatic carbocycles. The van der Waals surface area contributed by atoms with Crippen molar-refractivity contribution in [3.63, 3.8) is 0 Å². The van der Waals surface area contributed by atoms with Gasteiger partial charge in [0, 0.05) is 18.7 Å². The molecule has 6 nitrogen and oxygen atoms in total. The monoisotopic (exact) mass is 394 g/mol. The molecule has 1 heterocycles. The maximum atomic E-state index is 12.7. The summed E-state index contributed by atoms with van der Waals surface area (Å²) in [6.45, 7) is 1.82. The molecule has 2 aromatic rings. The number of nitrogens with zero attached hydrogens (tertiary/aromatic N) is 1. The molecule has 1 aliphatic rings. The number of carbonyl (C=O) groups is 2. The van der Waals surface area contributed by atoms with E-state index in [9.17, 15) is 22.8 Å². The van der Waals surface area contributed by atoms with Gasteiger partial charge >= 0.3 is 6.36 Å². The van der Waals surface area contributed by atoms with Gasteiger partial charge in [-0.3, -0.25) is 9.59 Å². The molecule has 2 amide bonds. The predicted octanol–water partition coefficient (Wildman–Crippen LogP) is 3.31. The van der Waals surface area contributed by atoms with Gasteiger partial charge < -0.3 is 19.7 Å². The van der Waals surface area contributed by atoms with Gasteiger partial charge in [0.2, 0.25) is 0 Å². The number of amides is 2. The normalized spacial score (nSPS) is 14.5. The van der Waals surface area contributed by atoms with Crippen LogP contribution in [0.15, 0.2) is 48.5 Å². The minimum Gasteiger partial charge on any atom is -0.406 e.